The lowest BCUT2D eigenvalue weighted by molar-refractivity contribution is -0.433. The number of rotatable bonds is 7. The van der Waals surface area contributed by atoms with Gasteiger partial charge >= 0.3 is 24.0 Å². The number of hydrogen-bond acceptors (Lipinski definition) is 5. The van der Waals surface area contributed by atoms with Crippen LogP contribution in [0.3, 0.4) is 0 Å². The van der Waals surface area contributed by atoms with Crippen LogP contribution in [-0.2, 0) is 24.7 Å². The van der Waals surface area contributed by atoms with E-state index in [2.05, 4.69) is 4.74 Å². The molecule has 2 fully saturated rings. The van der Waals surface area contributed by atoms with Crippen LogP contribution in [0.25, 0.3) is 0 Å². The quantitative estimate of drug-likeness (QED) is 0.388. The zero-order chi connectivity index (χ0) is 27.7. The van der Waals surface area contributed by atoms with E-state index < -0.39 is 65.6 Å². The van der Waals surface area contributed by atoms with Crippen molar-refractivity contribution in [1.29, 1.82) is 0 Å². The van der Waals surface area contributed by atoms with Gasteiger partial charge in [0.05, 0.1) is 12.0 Å². The van der Waals surface area contributed by atoms with E-state index in [1.165, 1.54) is 0 Å². The highest BCUT2D eigenvalue weighted by Crippen LogP contribution is 2.53. The molecule has 0 radical (unpaired) electrons. The normalized spacial score (nSPS) is 24.3. The number of nitrogens with zero attached hydrogens (tertiary/aromatic N) is 1. The summed E-state index contributed by atoms with van der Waals surface area (Å²) in [6, 6.07) is 8.49. The van der Waals surface area contributed by atoms with E-state index in [1.54, 1.807) is 44.2 Å². The predicted octanol–water partition coefficient (Wildman–Crippen LogP) is 5.06. The van der Waals surface area contributed by atoms with E-state index in [9.17, 15) is 35.9 Å². The summed E-state index contributed by atoms with van der Waals surface area (Å²) in [5.74, 6) is -3.24. The van der Waals surface area contributed by atoms with Crippen LogP contribution in [0.2, 0.25) is 0 Å². The molecule has 1 aromatic carbocycles. The first-order valence-corrected chi connectivity index (χ1v) is 12.2. The third-order valence-corrected chi connectivity index (χ3v) is 7.15. The molecule has 2 aliphatic rings. The van der Waals surface area contributed by atoms with Crippen LogP contribution in [0.1, 0.15) is 57.9 Å². The van der Waals surface area contributed by atoms with Crippen molar-refractivity contribution in [1.82, 2.24) is 4.90 Å². The van der Waals surface area contributed by atoms with Crippen molar-refractivity contribution in [3.05, 3.63) is 35.9 Å². The Morgan fingerprint density at radius 2 is 1.62 bits per heavy atom. The lowest BCUT2D eigenvalue weighted by Gasteiger charge is -2.52. The average molecular weight is 539 g/mol. The molecule has 1 saturated carbocycles. The molecule has 1 aliphatic carbocycles. The molecule has 1 saturated heterocycles. The molecule has 0 spiro atoms. The van der Waals surface area contributed by atoms with Crippen molar-refractivity contribution < 1.29 is 45.4 Å². The first-order chi connectivity index (χ1) is 17.1. The molecule has 0 aromatic heterocycles. The summed E-state index contributed by atoms with van der Waals surface area (Å²) < 4.78 is 95.2. The molecule has 208 valence electrons. The summed E-state index contributed by atoms with van der Waals surface area (Å²) in [7, 11) is 0. The monoisotopic (exact) mass is 538 g/mol. The Hall–Kier alpha value is -2.34. The molecule has 1 aromatic rings. The lowest BCUT2D eigenvalue weighted by atomic mass is 9.77. The van der Waals surface area contributed by atoms with E-state index in [1.807, 2.05) is 0 Å². The number of carbonyl (C=O) groups is 2. The second kappa shape index (κ2) is 10.4. The van der Waals surface area contributed by atoms with Crippen LogP contribution in [0.4, 0.5) is 26.3 Å². The lowest BCUT2D eigenvalue weighted by Crippen LogP contribution is -2.77. The van der Waals surface area contributed by atoms with Gasteiger partial charge in [0.25, 0.3) is 0 Å². The van der Waals surface area contributed by atoms with Crippen molar-refractivity contribution in [2.45, 2.75) is 76.1 Å². The summed E-state index contributed by atoms with van der Waals surface area (Å²) in [4.78, 5) is 26.0. The SMILES string of the molecule is CC(C)CC1(CN)COC(C(F)(F)F)(C(F)(F)F)N(CC(=O)OC2(c3ccccc3)CCCCC2)C1=O. The largest absolute Gasteiger partial charge is 0.453 e. The minimum absolute atomic E-state index is 0.131. The van der Waals surface area contributed by atoms with Gasteiger partial charge in [-0.25, -0.2) is 0 Å². The zero-order valence-electron chi connectivity index (χ0n) is 20.8. The molecule has 1 atom stereocenters. The number of alkyl halides is 6. The second-order valence-electron chi connectivity index (χ2n) is 10.3. The molecule has 3 rings (SSSR count). The molecule has 1 heterocycles. The van der Waals surface area contributed by atoms with Gasteiger partial charge in [0.15, 0.2) is 0 Å². The predicted molar refractivity (Wildman–Crippen MR) is 121 cm³/mol. The van der Waals surface area contributed by atoms with Gasteiger partial charge in [0, 0.05) is 6.54 Å². The van der Waals surface area contributed by atoms with Gasteiger partial charge in [-0.1, -0.05) is 50.6 Å². The third-order valence-electron chi connectivity index (χ3n) is 7.15. The van der Waals surface area contributed by atoms with Crippen LogP contribution in [-0.4, -0.2) is 54.6 Å². The Morgan fingerprint density at radius 1 is 1.05 bits per heavy atom. The number of hydrogen-bond donors (Lipinski definition) is 1. The van der Waals surface area contributed by atoms with Crippen LogP contribution in [0.5, 0.6) is 0 Å². The Labute approximate surface area is 211 Å². The maximum absolute atomic E-state index is 14.2. The number of esters is 1. The second-order valence-corrected chi connectivity index (χ2v) is 10.3. The molecule has 1 aliphatic heterocycles. The first-order valence-electron chi connectivity index (χ1n) is 12.2. The molecule has 37 heavy (non-hydrogen) atoms. The van der Waals surface area contributed by atoms with Crippen molar-refractivity contribution in [3.63, 3.8) is 0 Å². The maximum atomic E-state index is 14.2. The minimum Gasteiger partial charge on any atom is -0.453 e. The fraction of sp³-hybridized carbons (Fsp3) is 0.680. The Morgan fingerprint density at radius 3 is 2.11 bits per heavy atom. The highest BCUT2D eigenvalue weighted by atomic mass is 19.4. The highest BCUT2D eigenvalue weighted by molar-refractivity contribution is 5.88. The molecule has 0 bridgehead atoms. The van der Waals surface area contributed by atoms with Crippen LogP contribution < -0.4 is 5.73 Å². The summed E-state index contributed by atoms with van der Waals surface area (Å²) in [5, 5.41) is 0. The number of ether oxygens (including phenoxy) is 2. The molecule has 6 nitrogen and oxygen atoms in total. The summed E-state index contributed by atoms with van der Waals surface area (Å²) in [6.07, 6.45) is -9.50. The van der Waals surface area contributed by atoms with E-state index in [-0.39, 0.29) is 12.3 Å². The molecule has 1 amide bonds. The van der Waals surface area contributed by atoms with Crippen molar-refractivity contribution in [3.8, 4) is 0 Å². The van der Waals surface area contributed by atoms with Crippen LogP contribution >= 0.6 is 0 Å². The standard InChI is InChI=1S/C25H32F6N2O4/c1-17(2)13-21(15-32)16-36-23(24(26,27)28,25(29,30)31)33(20(21)35)14-19(34)37-22(11-7-4-8-12-22)18-9-5-3-6-10-18/h3,5-6,9-10,17H,4,7-8,11-16,32H2,1-2H3. The smallest absolute Gasteiger partial charge is 0.446 e. The number of carbonyl (C=O) groups excluding carboxylic acids is 2. The van der Waals surface area contributed by atoms with Crippen molar-refractivity contribution in [2.24, 2.45) is 17.1 Å². The average Bonchev–Trinajstić information content (AvgIpc) is 2.81. The number of nitrogens with two attached hydrogens (primary N) is 1. The van der Waals surface area contributed by atoms with Crippen molar-refractivity contribution >= 4 is 11.9 Å². The minimum atomic E-state index is -6.10. The number of halogens is 6. The van der Waals surface area contributed by atoms with Gasteiger partial charge < -0.3 is 15.2 Å². The molecule has 1 unspecified atom stereocenters. The Kier molecular flexibility index (Phi) is 8.24. The Balaban J connectivity index is 2.04. The summed E-state index contributed by atoms with van der Waals surface area (Å²) in [5.41, 5.74) is -1.81. The molecule has 12 heteroatoms. The van der Waals surface area contributed by atoms with E-state index in [0.717, 1.165) is 6.42 Å². The van der Waals surface area contributed by atoms with Gasteiger partial charge in [-0.05, 0) is 43.6 Å². The van der Waals surface area contributed by atoms with Gasteiger partial charge in [-0.2, -0.15) is 26.3 Å². The number of benzene rings is 1. The van der Waals surface area contributed by atoms with Crippen molar-refractivity contribution in [2.75, 3.05) is 19.7 Å². The summed E-state index contributed by atoms with van der Waals surface area (Å²) in [6.45, 7) is -0.0721. The topological polar surface area (TPSA) is 81.9 Å². The molecular weight excluding hydrogens is 506 g/mol. The maximum Gasteiger partial charge on any atom is 0.446 e. The van der Waals surface area contributed by atoms with Crippen LogP contribution in [0.15, 0.2) is 30.3 Å². The van der Waals surface area contributed by atoms with Crippen LogP contribution in [0, 0.1) is 11.3 Å². The van der Waals surface area contributed by atoms with Gasteiger partial charge in [0.2, 0.25) is 5.91 Å². The van der Waals surface area contributed by atoms with E-state index in [0.29, 0.717) is 31.2 Å². The Bertz CT molecular complexity index is 946. The fourth-order valence-corrected chi connectivity index (χ4v) is 5.48. The molecular formula is C25H32F6N2O4. The zero-order valence-corrected chi connectivity index (χ0v) is 20.8. The summed E-state index contributed by atoms with van der Waals surface area (Å²) >= 11 is 0. The number of amides is 1. The van der Waals surface area contributed by atoms with Gasteiger partial charge in [0.1, 0.15) is 12.1 Å². The van der Waals surface area contributed by atoms with Gasteiger partial charge in [-0.15, -0.1) is 0 Å². The van der Waals surface area contributed by atoms with E-state index in [4.69, 9.17) is 10.5 Å². The first kappa shape index (κ1) is 29.2. The van der Waals surface area contributed by atoms with E-state index >= 15 is 0 Å². The van der Waals surface area contributed by atoms with Gasteiger partial charge in [-0.3, -0.25) is 14.5 Å². The molecule has 2 N–H and O–H groups in total. The fourth-order valence-electron chi connectivity index (χ4n) is 5.48. The third kappa shape index (κ3) is 5.32. The highest BCUT2D eigenvalue weighted by Gasteiger charge is 2.80.